The molecule has 7 heterocycles. The van der Waals surface area contributed by atoms with Crippen LogP contribution in [0.5, 0.6) is 0 Å². The van der Waals surface area contributed by atoms with E-state index in [1.807, 2.05) is 98.7 Å². The molecule has 6 aliphatic heterocycles. The van der Waals surface area contributed by atoms with Gasteiger partial charge in [0.05, 0.1) is 68.9 Å². The molecule has 15 heteroatoms. The van der Waals surface area contributed by atoms with Crippen molar-refractivity contribution in [3.05, 3.63) is 425 Å². The summed E-state index contributed by atoms with van der Waals surface area (Å²) in [6.07, 6.45) is -3.94. The zero-order valence-corrected chi connectivity index (χ0v) is 85.7. The van der Waals surface area contributed by atoms with Gasteiger partial charge in [0.2, 0.25) is 5.69 Å². The smallest absolute Gasteiger partial charge is 0.353 e. The van der Waals surface area contributed by atoms with Crippen LogP contribution in [0.15, 0.2) is 358 Å². The molecule has 0 saturated heterocycles. The van der Waals surface area contributed by atoms with Crippen molar-refractivity contribution in [1.82, 2.24) is 4.68 Å². The fourth-order valence-corrected chi connectivity index (χ4v) is 22.5. The van der Waals surface area contributed by atoms with E-state index in [0.29, 0.717) is 47.1 Å². The normalized spacial score (nSPS) is 17.9. The molecule has 22 rings (SSSR count). The molecule has 0 N–H and O–H groups in total. The van der Waals surface area contributed by atoms with Crippen molar-refractivity contribution in [1.29, 1.82) is 0 Å². The topological polar surface area (TPSA) is 41.2 Å². The van der Waals surface area contributed by atoms with Crippen LogP contribution in [0, 0.1) is 69.2 Å². The van der Waals surface area contributed by atoms with Crippen LogP contribution >= 0.6 is 0 Å². The van der Waals surface area contributed by atoms with Crippen LogP contribution in [0.1, 0.15) is 147 Å². The number of fused-ring (bicyclic) bond motifs is 8. The zero-order chi connectivity index (χ0) is 102. The van der Waals surface area contributed by atoms with Gasteiger partial charge in [-0.05, 0) is 289 Å². The van der Waals surface area contributed by atoms with Gasteiger partial charge in [-0.2, -0.15) is 13.2 Å². The molecule has 1 unspecified atom stereocenters. The number of nitrogens with zero attached hydrogens (tertiary/aromatic N) is 12. The monoisotopic (exact) mass is 1880 g/mol. The Kier molecular flexibility index (Phi) is 26.8. The van der Waals surface area contributed by atoms with Gasteiger partial charge in [-0.3, -0.25) is 0 Å². The molecule has 6 aliphatic rings. The molecule has 0 spiro atoms. The molecule has 0 fully saturated rings. The summed E-state index contributed by atoms with van der Waals surface area (Å²) in [5.41, 5.74) is 35.8. The van der Waals surface area contributed by atoms with E-state index in [2.05, 4.69) is 451 Å². The van der Waals surface area contributed by atoms with Gasteiger partial charge in [0.25, 0.3) is 0 Å². The van der Waals surface area contributed by atoms with E-state index in [-0.39, 0.29) is 17.9 Å². The number of aromatic nitrogens is 2. The Morgan fingerprint density at radius 2 is 0.624 bits per heavy atom. The second kappa shape index (κ2) is 40.3. The highest BCUT2D eigenvalue weighted by molar-refractivity contribution is 5.93. The van der Waals surface area contributed by atoms with E-state index in [1.165, 1.54) is 136 Å². The number of benzene rings is 15. The Morgan fingerprint density at radius 1 is 0.319 bits per heavy atom. The highest BCUT2D eigenvalue weighted by Gasteiger charge is 2.59. The molecule has 720 valence electrons. The van der Waals surface area contributed by atoms with Crippen LogP contribution in [-0.2, 0) is 17.9 Å². The highest BCUT2D eigenvalue weighted by atomic mass is 19.4. The van der Waals surface area contributed by atoms with Crippen molar-refractivity contribution in [2.24, 2.45) is 7.05 Å². The first kappa shape index (κ1) is 93.9. The molecule has 12 nitrogen and oxygen atoms in total. The number of anilines is 17. The van der Waals surface area contributed by atoms with Crippen molar-refractivity contribution in [3.63, 3.8) is 0 Å². The predicted octanol–water partition coefficient (Wildman–Crippen LogP) is 32.5. The molecule has 0 aliphatic carbocycles. The average molecular weight is 1880 g/mol. The van der Waals surface area contributed by atoms with Crippen LogP contribution in [0.4, 0.5) is 110 Å². The van der Waals surface area contributed by atoms with E-state index in [1.54, 1.807) is 19.1 Å². The summed E-state index contributed by atoms with van der Waals surface area (Å²) in [7, 11) is 6.16. The number of halogens is 3. The molecule has 16 aromatic rings. The standard InChI is InChI=1S/C32H34F3N2.C23H24N2.C21H20N2.C18H22N2.2C16H18N2/c1-20-16-21(2)18-24(17-20)28-26(23-13-9-8-10-14-23)29-31(6,19-32(33,34)35)30(4,5)25-15-11-12-22(3)27(25)37(29)36(28)7;1-16-10-5-6-13-20(16)24-19(4)25(22-15-8-7-14-21(22)24)23-17(2)11-9-12-18(23)3;1-16-10-6-7-13-19(16)23-17(2)22(18-11-4-3-5-12-18)20-14-8-9-15-21(20)23;1-13(2)19-15(4)20(16-10-6-5-9-14(16)3)18-12-8-7-11-17(18)19;2*1-12-8-4-5-9-14(12)18-13(2)17(3)15-10-6-7-11-16(15)18/h8-18H,19H2,1-7H3;5-15,19H,1-4H3;3-15,17H,1-2H3;5-13,15H,1-4H3;2*4-11,13H,1-3H3/q+1;;;;;/t;19-;17-;15-;2*13-/m.01111/s1/i1D3;;;;;. The second-order valence-electron chi connectivity index (χ2n) is 39.5. The van der Waals surface area contributed by atoms with Crippen molar-refractivity contribution in [2.45, 2.75) is 199 Å². The maximum atomic E-state index is 14.5. The van der Waals surface area contributed by atoms with Gasteiger partial charge in [0.1, 0.15) is 42.2 Å². The third-order valence-corrected chi connectivity index (χ3v) is 29.9. The lowest BCUT2D eigenvalue weighted by Gasteiger charge is -2.48. The van der Waals surface area contributed by atoms with Gasteiger partial charge in [-0.25, -0.2) is 0 Å². The molecule has 141 heavy (non-hydrogen) atoms. The lowest BCUT2D eigenvalue weighted by Crippen LogP contribution is -2.54. The molecular weight excluding hydrogens is 1740 g/mol. The molecule has 0 radical (unpaired) electrons. The van der Waals surface area contributed by atoms with Gasteiger partial charge >= 0.3 is 6.18 Å². The van der Waals surface area contributed by atoms with Gasteiger partial charge in [-0.1, -0.05) is 275 Å². The van der Waals surface area contributed by atoms with Crippen LogP contribution in [0.2, 0.25) is 0 Å². The van der Waals surface area contributed by atoms with Gasteiger partial charge in [0.15, 0.2) is 7.05 Å². The third-order valence-electron chi connectivity index (χ3n) is 29.9. The first-order valence-corrected chi connectivity index (χ1v) is 49.5. The summed E-state index contributed by atoms with van der Waals surface area (Å²) < 4.78 is 71.5. The lowest BCUT2D eigenvalue weighted by molar-refractivity contribution is -0.735. The number of rotatable bonds is 11. The Balaban J connectivity index is 0.000000122. The highest BCUT2D eigenvalue weighted by Crippen LogP contribution is 2.60. The Bertz CT molecular complexity index is 7190. The van der Waals surface area contributed by atoms with Crippen molar-refractivity contribution < 1.29 is 22.0 Å². The average Bonchev–Trinajstić information content (AvgIpc) is 1.48. The minimum absolute atomic E-state index is 0.195. The SMILES string of the molecule is Cc1ccccc1N1c2ccccc2N(C(C)C)[C@H]1C.Cc1ccccc1N1c2ccccc2N(C)[C@H]1C.Cc1ccccc1N1c2ccccc2N(C)[C@H]1C.Cc1ccccc1N1c2ccccc2N(c2c(C)cccc2C)[C@H]1C.Cc1ccccc1N1c2ccccc2N(c2ccccc2)[C@H]1C.[2H]C([2H])([2H])c1cc(C)cc(-c2c(-c3ccccc3)c3n([n+]2C)-c2c(C)cccc2C(C)(C)C3(C)CC(F)(F)F)c1. The summed E-state index contributed by atoms with van der Waals surface area (Å²) >= 11 is 0. The summed E-state index contributed by atoms with van der Waals surface area (Å²) in [4.78, 5) is 24.2. The molecule has 0 saturated carbocycles. The Labute approximate surface area is 839 Å². The molecule has 6 atom stereocenters. The van der Waals surface area contributed by atoms with E-state index in [4.69, 9.17) is 4.11 Å². The molecule has 0 amide bonds. The van der Waals surface area contributed by atoms with Crippen molar-refractivity contribution in [3.8, 4) is 28.1 Å². The summed E-state index contributed by atoms with van der Waals surface area (Å²) in [5.74, 6) is 0. The fourth-order valence-electron chi connectivity index (χ4n) is 22.5. The number of hydrogen-bond acceptors (Lipinski definition) is 10. The van der Waals surface area contributed by atoms with Crippen molar-refractivity contribution in [2.75, 3.05) is 63.1 Å². The third kappa shape index (κ3) is 18.3. The molecule has 0 bridgehead atoms. The predicted molar refractivity (Wildman–Crippen MR) is 590 cm³/mol. The number of para-hydroxylation sites is 18. The summed E-state index contributed by atoms with van der Waals surface area (Å²) in [6, 6.07) is 124. The first-order valence-electron chi connectivity index (χ1n) is 51.0. The first-order chi connectivity index (χ1) is 68.8. The van der Waals surface area contributed by atoms with E-state index in [0.717, 1.165) is 27.9 Å². The van der Waals surface area contributed by atoms with Crippen molar-refractivity contribution >= 4 is 96.7 Å². The largest absolute Gasteiger partial charge is 0.390 e. The van der Waals surface area contributed by atoms with Crippen LogP contribution in [0.25, 0.3) is 28.1 Å². The van der Waals surface area contributed by atoms with Gasteiger partial charge in [0, 0.05) is 80.5 Å². The Morgan fingerprint density at radius 3 is 1.02 bits per heavy atom. The maximum absolute atomic E-state index is 14.5. The molecule has 15 aromatic carbocycles. The minimum Gasteiger partial charge on any atom is -0.353 e. The quantitative estimate of drug-likeness (QED) is 0.117. The van der Waals surface area contributed by atoms with Crippen LogP contribution in [0.3, 0.4) is 0 Å². The second-order valence-corrected chi connectivity index (χ2v) is 39.5. The summed E-state index contributed by atoms with van der Waals surface area (Å²) in [6.45, 7) is 38.1. The van der Waals surface area contributed by atoms with Gasteiger partial charge < -0.3 is 49.0 Å². The zero-order valence-electron chi connectivity index (χ0n) is 88.7. The Hall–Kier alpha value is -14.7. The van der Waals surface area contributed by atoms with Gasteiger partial charge in [-0.15, -0.1) is 9.36 Å². The molecule has 1 aromatic heterocycles. The van der Waals surface area contributed by atoms with E-state index < -0.39 is 30.3 Å². The number of alkyl halides is 3. The number of hydrogen-bond donors (Lipinski definition) is 0. The fraction of sp³-hybridized carbons (Fsp3) is 0.262. The van der Waals surface area contributed by atoms with Crippen LogP contribution in [-0.4, -0.2) is 61.8 Å². The lowest BCUT2D eigenvalue weighted by atomic mass is 9.56. The number of aryl methyl sites for hydroxylation is 10. The molecular formula is C126H136F3N12+. The minimum atomic E-state index is -4.42. The van der Waals surface area contributed by atoms with E-state index in [9.17, 15) is 13.2 Å². The van der Waals surface area contributed by atoms with E-state index >= 15 is 0 Å². The maximum Gasteiger partial charge on any atom is 0.390 e. The van der Waals surface area contributed by atoms with Crippen LogP contribution < -0.4 is 53.7 Å². The summed E-state index contributed by atoms with van der Waals surface area (Å²) in [5, 5.41) is 0.